The molecule has 30 heavy (non-hydrogen) atoms. The van der Waals surface area contributed by atoms with Gasteiger partial charge in [-0.2, -0.15) is 0 Å². The summed E-state index contributed by atoms with van der Waals surface area (Å²) in [6, 6.07) is 7.49. The fourth-order valence-corrected chi connectivity index (χ4v) is 4.67. The minimum Gasteiger partial charge on any atom is -0.497 e. The fourth-order valence-electron chi connectivity index (χ4n) is 4.67. The average molecular weight is 406 g/mol. The molecule has 5 rings (SSSR count). The van der Waals surface area contributed by atoms with E-state index < -0.39 is 11.6 Å². The number of aromatic nitrogens is 2. The van der Waals surface area contributed by atoms with Crippen molar-refractivity contribution in [3.63, 3.8) is 0 Å². The molecule has 7 heteroatoms. The molecule has 0 radical (unpaired) electrons. The number of carbonyl (C=O) groups is 1. The topological polar surface area (TPSA) is 90.6 Å². The lowest BCUT2D eigenvalue weighted by molar-refractivity contribution is -0.172. The van der Waals surface area contributed by atoms with Crippen LogP contribution in [0.15, 0.2) is 29.1 Å². The van der Waals surface area contributed by atoms with E-state index in [0.717, 1.165) is 39.9 Å². The van der Waals surface area contributed by atoms with E-state index >= 15 is 0 Å². The molecule has 1 aromatic carbocycles. The van der Waals surface area contributed by atoms with Gasteiger partial charge >= 0.3 is 5.97 Å². The molecule has 1 atom stereocenters. The van der Waals surface area contributed by atoms with E-state index in [2.05, 4.69) is 6.92 Å². The van der Waals surface area contributed by atoms with E-state index in [1.807, 2.05) is 18.2 Å². The number of pyridine rings is 2. The van der Waals surface area contributed by atoms with Crippen LogP contribution in [0.1, 0.15) is 42.5 Å². The lowest BCUT2D eigenvalue weighted by Crippen LogP contribution is -2.44. The first-order chi connectivity index (χ1) is 14.4. The Morgan fingerprint density at radius 3 is 2.73 bits per heavy atom. The summed E-state index contributed by atoms with van der Waals surface area (Å²) < 4.78 is 12.2. The molecule has 0 saturated carbocycles. The highest BCUT2D eigenvalue weighted by atomic mass is 16.6. The molecule has 2 aliphatic rings. The SMILES string of the molecule is CCc1c2c(nc3ccc(OC)cc13)-c1cc3c(c(=O)n1C2)COC(=O)[C@@]3(O)CC. The Hall–Kier alpha value is -3.19. The van der Waals surface area contributed by atoms with Crippen molar-refractivity contribution in [2.24, 2.45) is 0 Å². The maximum absolute atomic E-state index is 13.3. The van der Waals surface area contributed by atoms with Crippen molar-refractivity contribution < 1.29 is 19.4 Å². The third-order valence-corrected chi connectivity index (χ3v) is 6.37. The number of rotatable bonds is 3. The van der Waals surface area contributed by atoms with Crippen LogP contribution in [0.5, 0.6) is 5.75 Å². The van der Waals surface area contributed by atoms with Gasteiger partial charge in [0.2, 0.25) is 0 Å². The molecule has 0 amide bonds. The van der Waals surface area contributed by atoms with Crippen molar-refractivity contribution in [1.82, 2.24) is 9.55 Å². The minimum absolute atomic E-state index is 0.125. The second-order valence-electron chi connectivity index (χ2n) is 7.76. The van der Waals surface area contributed by atoms with E-state index in [1.54, 1.807) is 24.7 Å². The molecular formula is C23H22N2O5. The number of cyclic esters (lactones) is 1. The molecular weight excluding hydrogens is 384 g/mol. The monoisotopic (exact) mass is 406 g/mol. The lowest BCUT2D eigenvalue weighted by Gasteiger charge is -2.31. The summed E-state index contributed by atoms with van der Waals surface area (Å²) in [5, 5.41) is 12.0. The summed E-state index contributed by atoms with van der Waals surface area (Å²) in [6.45, 7) is 4.05. The molecule has 4 heterocycles. The molecule has 7 nitrogen and oxygen atoms in total. The zero-order valence-corrected chi connectivity index (χ0v) is 17.1. The van der Waals surface area contributed by atoms with Crippen molar-refractivity contribution in [3.8, 4) is 17.1 Å². The van der Waals surface area contributed by atoms with Crippen LogP contribution in [0.2, 0.25) is 0 Å². The van der Waals surface area contributed by atoms with Crippen LogP contribution < -0.4 is 10.3 Å². The standard InChI is InChI=1S/C23H22N2O5/c1-4-13-14-8-12(29-3)6-7-18(14)24-20-15(13)10-25-19(20)9-17-16(21(25)26)11-30-22(27)23(17,28)5-2/h6-9,28H,4-5,10-11H2,1-3H3/t23-/m1/s1. The predicted octanol–water partition coefficient (Wildman–Crippen LogP) is 2.65. The number of esters is 1. The van der Waals surface area contributed by atoms with Crippen molar-refractivity contribution in [2.75, 3.05) is 7.11 Å². The molecule has 0 unspecified atom stereocenters. The summed E-state index contributed by atoms with van der Waals surface area (Å²) in [4.78, 5) is 30.4. The summed E-state index contributed by atoms with van der Waals surface area (Å²) in [6.07, 6.45) is 0.900. The van der Waals surface area contributed by atoms with Gasteiger partial charge in [0.15, 0.2) is 5.60 Å². The minimum atomic E-state index is -1.82. The van der Waals surface area contributed by atoms with Crippen LogP contribution in [-0.4, -0.2) is 27.7 Å². The van der Waals surface area contributed by atoms with Gasteiger partial charge in [0, 0.05) is 16.5 Å². The van der Waals surface area contributed by atoms with Gasteiger partial charge in [-0.05, 0) is 42.7 Å². The molecule has 0 aliphatic carbocycles. The highest BCUT2D eigenvalue weighted by Gasteiger charge is 2.45. The van der Waals surface area contributed by atoms with E-state index in [1.165, 1.54) is 0 Å². The molecule has 2 aromatic heterocycles. The Balaban J connectivity index is 1.81. The quantitative estimate of drug-likeness (QED) is 0.526. The smallest absolute Gasteiger partial charge is 0.343 e. The number of hydrogen-bond acceptors (Lipinski definition) is 6. The molecule has 1 N–H and O–H groups in total. The average Bonchev–Trinajstić information content (AvgIpc) is 3.13. The Morgan fingerprint density at radius 2 is 2.03 bits per heavy atom. The van der Waals surface area contributed by atoms with Crippen molar-refractivity contribution in [1.29, 1.82) is 0 Å². The summed E-state index contributed by atoms with van der Waals surface area (Å²) in [5.41, 5.74) is 2.88. The Bertz CT molecular complexity index is 1290. The first-order valence-corrected chi connectivity index (χ1v) is 10.1. The maximum atomic E-state index is 13.3. The van der Waals surface area contributed by atoms with Gasteiger partial charge < -0.3 is 19.1 Å². The fraction of sp³-hybridized carbons (Fsp3) is 0.348. The van der Waals surface area contributed by atoms with E-state index in [0.29, 0.717) is 23.4 Å². The van der Waals surface area contributed by atoms with Gasteiger partial charge in [-0.15, -0.1) is 0 Å². The van der Waals surface area contributed by atoms with Crippen molar-refractivity contribution in [2.45, 2.75) is 45.4 Å². The second kappa shape index (κ2) is 6.40. The Labute approximate surface area is 172 Å². The predicted molar refractivity (Wildman–Crippen MR) is 110 cm³/mol. The molecule has 0 spiro atoms. The number of nitrogens with zero attached hydrogens (tertiary/aromatic N) is 2. The normalized spacial score (nSPS) is 19.3. The number of carbonyl (C=O) groups excluding carboxylic acids is 1. The van der Waals surface area contributed by atoms with Crippen molar-refractivity contribution >= 4 is 16.9 Å². The number of hydrogen-bond donors (Lipinski definition) is 1. The lowest BCUT2D eigenvalue weighted by atomic mass is 9.86. The second-order valence-corrected chi connectivity index (χ2v) is 7.76. The number of methoxy groups -OCH3 is 1. The first-order valence-electron chi connectivity index (χ1n) is 10.1. The Morgan fingerprint density at radius 1 is 1.23 bits per heavy atom. The van der Waals surface area contributed by atoms with Gasteiger partial charge in [0.1, 0.15) is 12.4 Å². The third-order valence-electron chi connectivity index (χ3n) is 6.37. The van der Waals surface area contributed by atoms with Crippen LogP contribution in [0, 0.1) is 0 Å². The maximum Gasteiger partial charge on any atom is 0.343 e. The number of ether oxygens (including phenoxy) is 2. The summed E-state index contributed by atoms with van der Waals surface area (Å²) in [5.74, 6) is 0.0404. The molecule has 3 aromatic rings. The van der Waals surface area contributed by atoms with Crippen LogP contribution in [-0.2, 0) is 34.7 Å². The van der Waals surface area contributed by atoms with E-state index in [9.17, 15) is 14.7 Å². The van der Waals surface area contributed by atoms with Crippen LogP contribution >= 0.6 is 0 Å². The molecule has 2 aliphatic heterocycles. The van der Waals surface area contributed by atoms with E-state index in [-0.39, 0.29) is 18.6 Å². The van der Waals surface area contributed by atoms with Gasteiger partial charge in [0.25, 0.3) is 5.56 Å². The number of benzene rings is 1. The highest BCUT2D eigenvalue weighted by Crippen LogP contribution is 2.40. The van der Waals surface area contributed by atoms with Crippen LogP contribution in [0.4, 0.5) is 0 Å². The summed E-state index contributed by atoms with van der Waals surface area (Å²) >= 11 is 0. The molecule has 0 bridgehead atoms. The van der Waals surface area contributed by atoms with Gasteiger partial charge in [-0.1, -0.05) is 13.8 Å². The number of aliphatic hydroxyl groups is 1. The van der Waals surface area contributed by atoms with Crippen LogP contribution in [0.25, 0.3) is 22.3 Å². The zero-order valence-electron chi connectivity index (χ0n) is 17.1. The number of aryl methyl sites for hydroxylation is 1. The van der Waals surface area contributed by atoms with Gasteiger partial charge in [-0.3, -0.25) is 4.79 Å². The molecule has 154 valence electrons. The number of fused-ring (bicyclic) bond motifs is 5. The van der Waals surface area contributed by atoms with Gasteiger partial charge in [0.05, 0.1) is 36.1 Å². The van der Waals surface area contributed by atoms with E-state index in [4.69, 9.17) is 14.5 Å². The van der Waals surface area contributed by atoms with Gasteiger partial charge in [-0.25, -0.2) is 9.78 Å². The largest absolute Gasteiger partial charge is 0.497 e. The third kappa shape index (κ3) is 2.32. The molecule has 0 fully saturated rings. The van der Waals surface area contributed by atoms with Crippen molar-refractivity contribution in [3.05, 3.63) is 56.9 Å². The summed E-state index contributed by atoms with van der Waals surface area (Å²) in [7, 11) is 1.63. The molecule has 0 saturated heterocycles. The Kier molecular flexibility index (Phi) is 4.02. The van der Waals surface area contributed by atoms with Crippen LogP contribution in [0.3, 0.4) is 0 Å². The first kappa shape index (κ1) is 18.8. The highest BCUT2D eigenvalue weighted by molar-refractivity contribution is 5.90. The zero-order chi connectivity index (χ0) is 21.2.